The summed E-state index contributed by atoms with van der Waals surface area (Å²) < 4.78 is 5.83. The molecule has 0 amide bonds. The van der Waals surface area contributed by atoms with Crippen molar-refractivity contribution >= 4 is 5.71 Å². The summed E-state index contributed by atoms with van der Waals surface area (Å²) in [5.41, 5.74) is 5.98. The van der Waals surface area contributed by atoms with Gasteiger partial charge in [-0.05, 0) is 73.9 Å². The molecule has 0 radical (unpaired) electrons. The molecule has 2 aliphatic rings. The van der Waals surface area contributed by atoms with E-state index in [2.05, 4.69) is 29.3 Å². The van der Waals surface area contributed by atoms with Crippen molar-refractivity contribution in [2.45, 2.75) is 45.1 Å². The SMILES string of the molecule is CCOC1CCC2(CC1)Cc1ccc(-c3cccc(C#N)c3)cc1C2=NC#N. The third-order valence-electron chi connectivity index (χ3n) is 6.18. The van der Waals surface area contributed by atoms with Crippen LogP contribution in [0.25, 0.3) is 11.1 Å². The second-order valence-electron chi connectivity index (χ2n) is 7.74. The van der Waals surface area contributed by atoms with Crippen molar-refractivity contribution in [2.75, 3.05) is 6.61 Å². The summed E-state index contributed by atoms with van der Waals surface area (Å²) in [5, 5.41) is 18.5. The van der Waals surface area contributed by atoms with E-state index in [4.69, 9.17) is 4.74 Å². The maximum absolute atomic E-state index is 9.36. The van der Waals surface area contributed by atoms with Crippen LogP contribution < -0.4 is 0 Å². The standard InChI is InChI=1S/C24H23N3O/c1-2-28-21-8-10-24(11-9-21)14-20-7-6-19(13-22(20)23(24)27-16-26)18-5-3-4-17(12-18)15-25/h3-7,12-13,21H,2,8-11,14H2,1H3. The fraction of sp³-hybridized carbons (Fsp3) is 0.375. The van der Waals surface area contributed by atoms with Gasteiger partial charge in [-0.15, -0.1) is 0 Å². The average Bonchev–Trinajstić information content (AvgIpc) is 3.03. The van der Waals surface area contributed by atoms with Crippen molar-refractivity contribution in [3.8, 4) is 23.4 Å². The first-order valence-electron chi connectivity index (χ1n) is 9.92. The lowest BCUT2D eigenvalue weighted by molar-refractivity contribution is 0.0179. The summed E-state index contributed by atoms with van der Waals surface area (Å²) in [6.45, 7) is 2.79. The third kappa shape index (κ3) is 3.21. The Morgan fingerprint density at radius 3 is 2.61 bits per heavy atom. The van der Waals surface area contributed by atoms with Crippen LogP contribution in [0.15, 0.2) is 47.5 Å². The zero-order valence-corrected chi connectivity index (χ0v) is 16.1. The highest BCUT2D eigenvalue weighted by Crippen LogP contribution is 2.48. The van der Waals surface area contributed by atoms with Gasteiger partial charge in [0.05, 0.1) is 23.4 Å². The molecule has 0 unspecified atom stereocenters. The third-order valence-corrected chi connectivity index (χ3v) is 6.18. The van der Waals surface area contributed by atoms with Gasteiger partial charge < -0.3 is 4.74 Å². The molecule has 28 heavy (non-hydrogen) atoms. The molecule has 0 aromatic heterocycles. The van der Waals surface area contributed by atoms with Gasteiger partial charge in [-0.1, -0.05) is 24.3 Å². The molecular weight excluding hydrogens is 346 g/mol. The van der Waals surface area contributed by atoms with E-state index in [1.54, 1.807) is 0 Å². The van der Waals surface area contributed by atoms with E-state index in [9.17, 15) is 10.5 Å². The number of hydrogen-bond acceptors (Lipinski definition) is 4. The van der Waals surface area contributed by atoms with Gasteiger partial charge in [0.25, 0.3) is 0 Å². The molecule has 4 nitrogen and oxygen atoms in total. The summed E-state index contributed by atoms with van der Waals surface area (Å²) in [5.74, 6) is 0. The van der Waals surface area contributed by atoms with Crippen molar-refractivity contribution < 1.29 is 4.74 Å². The highest BCUT2D eigenvalue weighted by Gasteiger charge is 2.45. The first kappa shape index (κ1) is 18.4. The zero-order chi connectivity index (χ0) is 19.6. The number of benzene rings is 2. The van der Waals surface area contributed by atoms with Crippen LogP contribution in [-0.2, 0) is 11.2 Å². The quantitative estimate of drug-likeness (QED) is 0.714. The molecule has 0 aliphatic heterocycles. The molecule has 0 N–H and O–H groups in total. The van der Waals surface area contributed by atoms with Gasteiger partial charge in [0.1, 0.15) is 0 Å². The summed E-state index contributed by atoms with van der Waals surface area (Å²) in [7, 11) is 0. The smallest absolute Gasteiger partial charge is 0.205 e. The lowest BCUT2D eigenvalue weighted by Gasteiger charge is -2.37. The summed E-state index contributed by atoms with van der Waals surface area (Å²) in [6, 6.07) is 16.3. The highest BCUT2D eigenvalue weighted by molar-refractivity contribution is 6.10. The highest BCUT2D eigenvalue weighted by atomic mass is 16.5. The molecule has 1 spiro atoms. The average molecular weight is 369 g/mol. The van der Waals surface area contributed by atoms with Crippen LogP contribution in [0.4, 0.5) is 0 Å². The van der Waals surface area contributed by atoms with E-state index >= 15 is 0 Å². The molecule has 2 aliphatic carbocycles. The summed E-state index contributed by atoms with van der Waals surface area (Å²) in [6.07, 6.45) is 7.37. The molecular formula is C24H23N3O. The second-order valence-corrected chi connectivity index (χ2v) is 7.74. The van der Waals surface area contributed by atoms with Crippen LogP contribution in [0.2, 0.25) is 0 Å². The molecule has 1 saturated carbocycles. The number of hydrogen-bond donors (Lipinski definition) is 0. The Hall–Kier alpha value is -2.95. The molecule has 4 rings (SSSR count). The summed E-state index contributed by atoms with van der Waals surface area (Å²) >= 11 is 0. The van der Waals surface area contributed by atoms with E-state index in [-0.39, 0.29) is 5.41 Å². The lowest BCUT2D eigenvalue weighted by atomic mass is 9.70. The minimum atomic E-state index is -0.0429. The van der Waals surface area contributed by atoms with Gasteiger partial charge in [-0.25, -0.2) is 0 Å². The van der Waals surface area contributed by atoms with Crippen molar-refractivity contribution in [3.05, 3.63) is 59.2 Å². The molecule has 4 heteroatoms. The van der Waals surface area contributed by atoms with Crippen molar-refractivity contribution in [1.82, 2.24) is 0 Å². The minimum absolute atomic E-state index is 0.0429. The van der Waals surface area contributed by atoms with Gasteiger partial charge in [0, 0.05) is 17.6 Å². The molecule has 140 valence electrons. The Morgan fingerprint density at radius 1 is 1.11 bits per heavy atom. The van der Waals surface area contributed by atoms with Crippen LogP contribution in [0.5, 0.6) is 0 Å². The Kier molecular flexibility index (Phi) is 4.99. The van der Waals surface area contributed by atoms with Gasteiger partial charge in [0.15, 0.2) is 0 Å². The Labute approximate surface area is 166 Å². The Bertz CT molecular complexity index is 1000. The Morgan fingerprint density at radius 2 is 1.89 bits per heavy atom. The predicted molar refractivity (Wildman–Crippen MR) is 109 cm³/mol. The molecule has 2 aromatic rings. The van der Waals surface area contributed by atoms with E-state index in [0.717, 1.165) is 61.1 Å². The molecule has 0 atom stereocenters. The van der Waals surface area contributed by atoms with Crippen LogP contribution in [0.3, 0.4) is 0 Å². The van der Waals surface area contributed by atoms with Crippen LogP contribution in [-0.4, -0.2) is 18.4 Å². The summed E-state index contributed by atoms with van der Waals surface area (Å²) in [4.78, 5) is 4.31. The van der Waals surface area contributed by atoms with Crippen molar-refractivity contribution in [1.29, 1.82) is 10.5 Å². The van der Waals surface area contributed by atoms with E-state index in [0.29, 0.717) is 11.7 Å². The lowest BCUT2D eigenvalue weighted by Crippen LogP contribution is -2.36. The maximum Gasteiger partial charge on any atom is 0.205 e. The number of nitriles is 2. The molecule has 1 fully saturated rings. The normalized spacial score (nSPS) is 24.7. The fourth-order valence-electron chi connectivity index (χ4n) is 4.82. The topological polar surface area (TPSA) is 69.2 Å². The van der Waals surface area contributed by atoms with E-state index in [1.807, 2.05) is 37.4 Å². The molecule has 0 saturated heterocycles. The number of ether oxygens (including phenoxy) is 1. The van der Waals surface area contributed by atoms with E-state index < -0.39 is 0 Å². The van der Waals surface area contributed by atoms with Crippen LogP contribution in [0.1, 0.15) is 49.3 Å². The van der Waals surface area contributed by atoms with Crippen molar-refractivity contribution in [3.63, 3.8) is 0 Å². The van der Waals surface area contributed by atoms with Crippen molar-refractivity contribution in [2.24, 2.45) is 10.4 Å². The van der Waals surface area contributed by atoms with Gasteiger partial charge >= 0.3 is 0 Å². The zero-order valence-electron chi connectivity index (χ0n) is 16.1. The van der Waals surface area contributed by atoms with E-state index in [1.165, 1.54) is 5.56 Å². The number of fused-ring (bicyclic) bond motifs is 1. The van der Waals surface area contributed by atoms with Gasteiger partial charge in [-0.2, -0.15) is 15.5 Å². The molecule has 0 bridgehead atoms. The van der Waals surface area contributed by atoms with Crippen LogP contribution >= 0.6 is 0 Å². The van der Waals surface area contributed by atoms with Gasteiger partial charge in [0.2, 0.25) is 6.19 Å². The number of rotatable bonds is 3. The molecule has 2 aromatic carbocycles. The van der Waals surface area contributed by atoms with Crippen LogP contribution in [0, 0.1) is 28.2 Å². The minimum Gasteiger partial charge on any atom is -0.379 e. The first-order chi connectivity index (χ1) is 13.7. The fourth-order valence-corrected chi connectivity index (χ4v) is 4.82. The van der Waals surface area contributed by atoms with Gasteiger partial charge in [-0.3, -0.25) is 0 Å². The second kappa shape index (κ2) is 7.58. The molecule has 0 heterocycles. The first-order valence-corrected chi connectivity index (χ1v) is 9.92. The maximum atomic E-state index is 9.36. The monoisotopic (exact) mass is 369 g/mol. The largest absolute Gasteiger partial charge is 0.379 e. The number of aliphatic imine (C=N–C) groups is 1. The Balaban J connectivity index is 1.70. The predicted octanol–water partition coefficient (Wildman–Crippen LogP) is 5.02. The number of nitrogens with zero attached hydrogens (tertiary/aromatic N) is 3.